The number of anilines is 1. The minimum atomic E-state index is -1.09. The van der Waals surface area contributed by atoms with E-state index in [0.29, 0.717) is 18.0 Å². The second-order valence-electron chi connectivity index (χ2n) is 6.20. The Bertz CT molecular complexity index is 1210. The average Bonchev–Trinajstić information content (AvgIpc) is 3.16. The molecule has 2 aromatic heterocycles. The fourth-order valence-electron chi connectivity index (χ4n) is 2.97. The molecule has 0 amide bonds. The summed E-state index contributed by atoms with van der Waals surface area (Å²) in [6.45, 7) is 0.498. The summed E-state index contributed by atoms with van der Waals surface area (Å²) in [5, 5.41) is 12.6. The van der Waals surface area contributed by atoms with Crippen molar-refractivity contribution in [1.82, 2.24) is 24.5 Å². The van der Waals surface area contributed by atoms with Gasteiger partial charge in [-0.1, -0.05) is 36.4 Å². The predicted molar refractivity (Wildman–Crippen MR) is 108 cm³/mol. The Morgan fingerprint density at radius 3 is 2.50 bits per heavy atom. The predicted octanol–water partition coefficient (Wildman–Crippen LogP) is 2.54. The zero-order valence-corrected chi connectivity index (χ0v) is 16.2. The maximum atomic E-state index is 11.6. The molecule has 0 spiro atoms. The first-order valence-corrected chi connectivity index (χ1v) is 8.97. The van der Waals surface area contributed by atoms with E-state index in [2.05, 4.69) is 25.3 Å². The van der Waals surface area contributed by atoms with Crippen LogP contribution in [0.4, 0.5) is 5.95 Å². The maximum Gasteiger partial charge on any atom is 0.337 e. The smallest absolute Gasteiger partial charge is 0.337 e. The molecular formula is C20H18N6O4. The van der Waals surface area contributed by atoms with Gasteiger partial charge in [0.1, 0.15) is 5.52 Å². The number of carboxylic acid groups (broad SMARTS) is 1. The Hall–Kier alpha value is -4.21. The molecule has 0 unspecified atom stereocenters. The number of ether oxygens (including phenoxy) is 2. The summed E-state index contributed by atoms with van der Waals surface area (Å²) in [4.78, 5) is 28.9. The van der Waals surface area contributed by atoms with Crippen molar-refractivity contribution in [1.29, 1.82) is 0 Å². The van der Waals surface area contributed by atoms with Crippen LogP contribution in [0.5, 0.6) is 12.0 Å². The van der Waals surface area contributed by atoms with E-state index in [1.807, 2.05) is 30.3 Å². The lowest BCUT2D eigenvalue weighted by atomic mass is 10.2. The third kappa shape index (κ3) is 3.58. The molecule has 0 aliphatic carbocycles. The number of imidazole rings is 1. The van der Waals surface area contributed by atoms with E-state index in [9.17, 15) is 9.90 Å². The molecule has 2 aromatic carbocycles. The van der Waals surface area contributed by atoms with Gasteiger partial charge in [0.05, 0.1) is 25.3 Å². The number of fused-ring (bicyclic) bond motifs is 1. The highest BCUT2D eigenvalue weighted by molar-refractivity contribution is 6.01. The van der Waals surface area contributed by atoms with Crippen LogP contribution in [0.15, 0.2) is 48.5 Å². The van der Waals surface area contributed by atoms with E-state index < -0.39 is 5.97 Å². The Morgan fingerprint density at radius 2 is 1.80 bits per heavy atom. The molecule has 0 atom stereocenters. The van der Waals surface area contributed by atoms with Crippen molar-refractivity contribution in [2.75, 3.05) is 19.5 Å². The number of methoxy groups -OCH3 is 2. The minimum Gasteiger partial charge on any atom is -0.478 e. The number of hydrogen-bond acceptors (Lipinski definition) is 8. The second kappa shape index (κ2) is 8.03. The molecule has 0 aliphatic heterocycles. The molecule has 30 heavy (non-hydrogen) atoms. The summed E-state index contributed by atoms with van der Waals surface area (Å²) in [7, 11) is 2.89. The molecule has 152 valence electrons. The summed E-state index contributed by atoms with van der Waals surface area (Å²) < 4.78 is 12.1. The Balaban J connectivity index is 1.81. The number of aromatic carboxylic acids is 1. The van der Waals surface area contributed by atoms with E-state index in [-0.39, 0.29) is 29.0 Å². The monoisotopic (exact) mass is 406 g/mol. The highest BCUT2D eigenvalue weighted by Gasteiger charge is 2.21. The van der Waals surface area contributed by atoms with Crippen LogP contribution in [0.3, 0.4) is 0 Å². The van der Waals surface area contributed by atoms with Gasteiger partial charge < -0.3 is 19.9 Å². The number of rotatable bonds is 7. The van der Waals surface area contributed by atoms with Crippen molar-refractivity contribution >= 4 is 23.0 Å². The van der Waals surface area contributed by atoms with Crippen LogP contribution in [0.1, 0.15) is 15.9 Å². The summed E-state index contributed by atoms with van der Waals surface area (Å²) in [5.41, 5.74) is 1.84. The van der Waals surface area contributed by atoms with Crippen molar-refractivity contribution in [3.63, 3.8) is 0 Å². The lowest BCUT2D eigenvalue weighted by Crippen LogP contribution is -2.11. The molecule has 0 aliphatic rings. The van der Waals surface area contributed by atoms with Gasteiger partial charge >= 0.3 is 18.0 Å². The number of carboxylic acids is 1. The van der Waals surface area contributed by atoms with Gasteiger partial charge in [0, 0.05) is 6.54 Å². The van der Waals surface area contributed by atoms with Gasteiger partial charge in [-0.3, -0.25) is 0 Å². The summed E-state index contributed by atoms with van der Waals surface area (Å²) in [5.74, 6) is -0.621. The van der Waals surface area contributed by atoms with E-state index >= 15 is 0 Å². The summed E-state index contributed by atoms with van der Waals surface area (Å²) in [6, 6.07) is 14.8. The van der Waals surface area contributed by atoms with Crippen LogP contribution in [0.2, 0.25) is 0 Å². The van der Waals surface area contributed by atoms with Crippen LogP contribution >= 0.6 is 0 Å². The fraction of sp³-hybridized carbons (Fsp3) is 0.150. The molecule has 4 rings (SSSR count). The Morgan fingerprint density at radius 1 is 1.00 bits per heavy atom. The normalized spacial score (nSPS) is 10.7. The third-order valence-corrected chi connectivity index (χ3v) is 4.35. The van der Waals surface area contributed by atoms with Gasteiger partial charge in [-0.2, -0.15) is 19.9 Å². The number of carbonyl (C=O) groups is 1. The van der Waals surface area contributed by atoms with Crippen molar-refractivity contribution in [3.8, 4) is 18.0 Å². The second-order valence-corrected chi connectivity index (χ2v) is 6.20. The molecule has 0 saturated heterocycles. The number of nitrogens with one attached hydrogen (secondary N) is 1. The molecule has 2 heterocycles. The fourth-order valence-corrected chi connectivity index (χ4v) is 2.97. The van der Waals surface area contributed by atoms with Crippen molar-refractivity contribution in [3.05, 3.63) is 59.7 Å². The van der Waals surface area contributed by atoms with Crippen LogP contribution in [0.25, 0.3) is 17.0 Å². The maximum absolute atomic E-state index is 11.6. The molecule has 2 N–H and O–H groups in total. The van der Waals surface area contributed by atoms with Gasteiger partial charge in [0.25, 0.3) is 0 Å². The van der Waals surface area contributed by atoms with Gasteiger partial charge in [0.15, 0.2) is 0 Å². The largest absolute Gasteiger partial charge is 0.478 e. The Kier molecular flexibility index (Phi) is 5.12. The molecule has 4 aromatic rings. The highest BCUT2D eigenvalue weighted by atomic mass is 16.5. The molecule has 0 fully saturated rings. The number of benzene rings is 2. The van der Waals surface area contributed by atoms with Crippen molar-refractivity contribution in [2.24, 2.45) is 0 Å². The quantitative estimate of drug-likeness (QED) is 0.476. The minimum absolute atomic E-state index is 0.0491. The third-order valence-electron chi connectivity index (χ3n) is 4.35. The number of para-hydroxylation sites is 1. The lowest BCUT2D eigenvalue weighted by molar-refractivity contribution is 0.0699. The number of aromatic nitrogens is 5. The standard InChI is InChI=1S/C20H18N6O4/c1-29-19-24-17(21-11-12-7-4-3-5-8-12)23-18(25-19)26-14-10-6-9-13(16(27)28)15(14)22-20(26)30-2/h3-10H,11H2,1-2H3,(H,27,28)(H,21,23,24,25). The molecule has 0 radical (unpaired) electrons. The summed E-state index contributed by atoms with van der Waals surface area (Å²) in [6.07, 6.45) is 0. The first-order valence-electron chi connectivity index (χ1n) is 8.97. The van der Waals surface area contributed by atoms with Gasteiger partial charge in [-0.25, -0.2) is 9.36 Å². The summed E-state index contributed by atoms with van der Waals surface area (Å²) >= 11 is 0. The van der Waals surface area contributed by atoms with Crippen LogP contribution in [-0.2, 0) is 6.54 Å². The topological polar surface area (TPSA) is 124 Å². The first-order chi connectivity index (χ1) is 14.6. The molecule has 0 saturated carbocycles. The van der Waals surface area contributed by atoms with E-state index in [1.54, 1.807) is 12.1 Å². The average molecular weight is 406 g/mol. The molecular weight excluding hydrogens is 388 g/mol. The van der Waals surface area contributed by atoms with Gasteiger partial charge in [-0.05, 0) is 17.7 Å². The highest BCUT2D eigenvalue weighted by Crippen LogP contribution is 2.27. The van der Waals surface area contributed by atoms with Crippen LogP contribution in [0, 0.1) is 0 Å². The van der Waals surface area contributed by atoms with Crippen molar-refractivity contribution in [2.45, 2.75) is 6.54 Å². The number of nitrogens with zero attached hydrogens (tertiary/aromatic N) is 5. The molecule has 10 heteroatoms. The van der Waals surface area contributed by atoms with Gasteiger partial charge in [-0.15, -0.1) is 0 Å². The van der Waals surface area contributed by atoms with E-state index in [1.165, 1.54) is 24.9 Å². The molecule has 10 nitrogen and oxygen atoms in total. The van der Waals surface area contributed by atoms with E-state index in [4.69, 9.17) is 9.47 Å². The Labute approximate surface area is 171 Å². The van der Waals surface area contributed by atoms with Crippen LogP contribution in [-0.4, -0.2) is 49.8 Å². The zero-order valence-electron chi connectivity index (χ0n) is 16.2. The van der Waals surface area contributed by atoms with Gasteiger partial charge in [0.2, 0.25) is 11.9 Å². The first kappa shape index (κ1) is 19.1. The number of hydrogen-bond donors (Lipinski definition) is 2. The van der Waals surface area contributed by atoms with Crippen LogP contribution < -0.4 is 14.8 Å². The van der Waals surface area contributed by atoms with Crippen molar-refractivity contribution < 1.29 is 19.4 Å². The lowest BCUT2D eigenvalue weighted by Gasteiger charge is -2.10. The molecule has 0 bridgehead atoms. The zero-order chi connectivity index (χ0) is 21.1. The van der Waals surface area contributed by atoms with E-state index in [0.717, 1.165) is 5.56 Å². The SMILES string of the molecule is COc1nc(NCc2ccccc2)nc(-n2c(OC)nc3c(C(=O)O)cccc32)n1.